The first-order chi connectivity index (χ1) is 9.52. The second kappa shape index (κ2) is 6.63. The average molecular weight is 294 g/mol. The number of aliphatic hydroxyl groups is 1. The van der Waals surface area contributed by atoms with Crippen LogP contribution >= 0.6 is 11.3 Å². The summed E-state index contributed by atoms with van der Waals surface area (Å²) in [4.78, 5) is 4.44. The molecule has 2 aromatic heterocycles. The molecule has 0 fully saturated rings. The highest BCUT2D eigenvalue weighted by molar-refractivity contribution is 7.17. The number of hydrogen-bond acceptors (Lipinski definition) is 5. The molecule has 2 rings (SSSR count). The lowest BCUT2D eigenvalue weighted by Crippen LogP contribution is -2.39. The summed E-state index contributed by atoms with van der Waals surface area (Å²) in [6.07, 6.45) is 2.52. The van der Waals surface area contributed by atoms with Crippen LogP contribution in [0.25, 0.3) is 10.2 Å². The Balaban J connectivity index is 1.95. The van der Waals surface area contributed by atoms with E-state index in [9.17, 15) is 5.11 Å². The molecule has 0 bridgehead atoms. The number of fused-ring (bicyclic) bond motifs is 1. The minimum Gasteiger partial charge on any atom is -0.389 e. The lowest BCUT2D eigenvalue weighted by atomic mass is 10.0. The third-order valence-corrected chi connectivity index (χ3v) is 4.31. The van der Waals surface area contributed by atoms with E-state index in [1.165, 1.54) is 4.70 Å². The summed E-state index contributed by atoms with van der Waals surface area (Å²) in [7, 11) is 1.65. The number of rotatable bonds is 7. The van der Waals surface area contributed by atoms with Crippen molar-refractivity contribution in [3.8, 4) is 0 Å². The van der Waals surface area contributed by atoms with Crippen molar-refractivity contribution in [3.63, 3.8) is 0 Å². The second-order valence-electron chi connectivity index (χ2n) is 5.41. The van der Waals surface area contributed by atoms with Crippen LogP contribution in [0.5, 0.6) is 0 Å². The zero-order valence-electron chi connectivity index (χ0n) is 12.2. The molecular weight excluding hydrogens is 272 g/mol. The maximum Gasteiger partial charge on any atom is 0.0809 e. The standard InChI is InChI=1S/C15H22N2O2S/c1-11(17-10-15(2,18)5-6-19-3)12-8-14-13(16-9-12)4-7-20-14/h4,7-9,11,17-18H,5-6,10H2,1-3H3. The number of methoxy groups -OCH3 is 1. The monoisotopic (exact) mass is 294 g/mol. The Morgan fingerprint density at radius 2 is 2.35 bits per heavy atom. The number of nitrogens with zero attached hydrogens (tertiary/aromatic N) is 1. The number of nitrogens with one attached hydrogen (secondary N) is 1. The van der Waals surface area contributed by atoms with Gasteiger partial charge < -0.3 is 15.2 Å². The molecular formula is C15H22N2O2S. The number of aromatic nitrogens is 1. The maximum absolute atomic E-state index is 10.2. The van der Waals surface area contributed by atoms with Crippen molar-refractivity contribution < 1.29 is 9.84 Å². The Labute approximate surface area is 123 Å². The summed E-state index contributed by atoms with van der Waals surface area (Å²) in [6.45, 7) is 5.00. The molecule has 110 valence electrons. The van der Waals surface area contributed by atoms with E-state index in [0.29, 0.717) is 19.6 Å². The third kappa shape index (κ3) is 3.99. The van der Waals surface area contributed by atoms with E-state index in [0.717, 1.165) is 11.1 Å². The molecule has 0 saturated heterocycles. The van der Waals surface area contributed by atoms with E-state index in [-0.39, 0.29) is 6.04 Å². The fraction of sp³-hybridized carbons (Fsp3) is 0.533. The van der Waals surface area contributed by atoms with Crippen molar-refractivity contribution in [2.45, 2.75) is 31.9 Å². The molecule has 0 amide bonds. The van der Waals surface area contributed by atoms with Gasteiger partial charge in [-0.2, -0.15) is 0 Å². The lowest BCUT2D eigenvalue weighted by molar-refractivity contribution is 0.0231. The predicted octanol–water partition coefficient (Wildman–Crippen LogP) is 2.73. The summed E-state index contributed by atoms with van der Waals surface area (Å²) in [6, 6.07) is 4.34. The van der Waals surface area contributed by atoms with E-state index in [1.807, 2.05) is 19.2 Å². The van der Waals surface area contributed by atoms with Gasteiger partial charge in [-0.05, 0) is 36.9 Å². The molecule has 0 spiro atoms. The Morgan fingerprint density at radius 3 is 3.10 bits per heavy atom. The first-order valence-corrected chi connectivity index (χ1v) is 7.68. The molecule has 0 aliphatic rings. The largest absolute Gasteiger partial charge is 0.389 e. The van der Waals surface area contributed by atoms with Crippen LogP contribution < -0.4 is 5.32 Å². The maximum atomic E-state index is 10.2. The van der Waals surface area contributed by atoms with Crippen molar-refractivity contribution in [1.29, 1.82) is 0 Å². The molecule has 20 heavy (non-hydrogen) atoms. The molecule has 2 atom stereocenters. The molecule has 0 aliphatic heterocycles. The topological polar surface area (TPSA) is 54.4 Å². The van der Waals surface area contributed by atoms with Gasteiger partial charge in [0.25, 0.3) is 0 Å². The summed E-state index contributed by atoms with van der Waals surface area (Å²) in [5, 5.41) is 15.6. The van der Waals surface area contributed by atoms with Crippen LogP contribution in [0.2, 0.25) is 0 Å². The van der Waals surface area contributed by atoms with Crippen molar-refractivity contribution >= 4 is 21.6 Å². The fourth-order valence-corrected chi connectivity index (χ4v) is 2.79. The van der Waals surface area contributed by atoms with Crippen molar-refractivity contribution in [2.75, 3.05) is 20.3 Å². The molecule has 2 aromatic rings. The summed E-state index contributed by atoms with van der Waals surface area (Å²) < 4.78 is 6.21. The molecule has 0 radical (unpaired) electrons. The van der Waals surface area contributed by atoms with Crippen molar-refractivity contribution in [2.24, 2.45) is 0 Å². The van der Waals surface area contributed by atoms with Gasteiger partial charge >= 0.3 is 0 Å². The van der Waals surface area contributed by atoms with Gasteiger partial charge in [-0.25, -0.2) is 0 Å². The van der Waals surface area contributed by atoms with E-state index in [1.54, 1.807) is 18.4 Å². The minimum atomic E-state index is -0.759. The zero-order valence-corrected chi connectivity index (χ0v) is 13.0. The number of ether oxygens (including phenoxy) is 1. The lowest BCUT2D eigenvalue weighted by Gasteiger charge is -2.25. The molecule has 0 saturated carbocycles. The summed E-state index contributed by atoms with van der Waals surface area (Å²) in [5.74, 6) is 0. The van der Waals surface area contributed by atoms with Gasteiger partial charge in [-0.15, -0.1) is 11.3 Å². The zero-order chi connectivity index (χ0) is 14.6. The highest BCUT2D eigenvalue weighted by Gasteiger charge is 2.21. The Morgan fingerprint density at radius 1 is 1.55 bits per heavy atom. The van der Waals surface area contributed by atoms with Crippen LogP contribution in [0.1, 0.15) is 31.9 Å². The minimum absolute atomic E-state index is 0.156. The number of thiophene rings is 1. The quantitative estimate of drug-likeness (QED) is 0.824. The van der Waals surface area contributed by atoms with Crippen molar-refractivity contribution in [3.05, 3.63) is 29.3 Å². The van der Waals surface area contributed by atoms with Crippen LogP contribution in [0.4, 0.5) is 0 Å². The molecule has 0 aliphatic carbocycles. The van der Waals surface area contributed by atoms with Crippen molar-refractivity contribution in [1.82, 2.24) is 10.3 Å². The Bertz CT molecular complexity index is 554. The summed E-state index contributed by atoms with van der Waals surface area (Å²) in [5.41, 5.74) is 1.42. The Hall–Kier alpha value is -1.01. The smallest absolute Gasteiger partial charge is 0.0809 e. The second-order valence-corrected chi connectivity index (χ2v) is 6.36. The fourth-order valence-electron chi connectivity index (χ4n) is 2.00. The van der Waals surface area contributed by atoms with Gasteiger partial charge in [-0.3, -0.25) is 4.98 Å². The third-order valence-electron chi connectivity index (χ3n) is 3.46. The van der Waals surface area contributed by atoms with Crippen LogP contribution in [0.3, 0.4) is 0 Å². The average Bonchev–Trinajstić information content (AvgIpc) is 2.90. The van der Waals surface area contributed by atoms with Crippen LogP contribution in [0.15, 0.2) is 23.7 Å². The van der Waals surface area contributed by atoms with Crippen LogP contribution in [0, 0.1) is 0 Å². The van der Waals surface area contributed by atoms with Crippen LogP contribution in [-0.4, -0.2) is 36.0 Å². The van der Waals surface area contributed by atoms with Crippen LogP contribution in [-0.2, 0) is 4.74 Å². The first kappa shape index (κ1) is 15.4. The molecule has 5 heteroatoms. The molecule has 0 aromatic carbocycles. The van der Waals surface area contributed by atoms with Gasteiger partial charge in [0.15, 0.2) is 0 Å². The molecule has 2 unspecified atom stereocenters. The van der Waals surface area contributed by atoms with Gasteiger partial charge in [0.2, 0.25) is 0 Å². The molecule has 4 nitrogen and oxygen atoms in total. The molecule has 2 heterocycles. The highest BCUT2D eigenvalue weighted by atomic mass is 32.1. The van der Waals surface area contributed by atoms with E-state index < -0.39 is 5.60 Å². The number of pyridine rings is 1. The van der Waals surface area contributed by atoms with E-state index in [4.69, 9.17) is 4.74 Å². The number of hydrogen-bond donors (Lipinski definition) is 2. The Kier molecular flexibility index (Phi) is 5.10. The first-order valence-electron chi connectivity index (χ1n) is 6.80. The van der Waals surface area contributed by atoms with E-state index >= 15 is 0 Å². The van der Waals surface area contributed by atoms with Gasteiger partial charge in [0.1, 0.15) is 0 Å². The molecule has 2 N–H and O–H groups in total. The SMILES string of the molecule is COCCC(C)(O)CNC(C)c1cnc2ccsc2c1. The highest BCUT2D eigenvalue weighted by Crippen LogP contribution is 2.23. The van der Waals surface area contributed by atoms with Gasteiger partial charge in [0.05, 0.1) is 15.8 Å². The van der Waals surface area contributed by atoms with Gasteiger partial charge in [0, 0.05) is 38.9 Å². The summed E-state index contributed by atoms with van der Waals surface area (Å²) >= 11 is 1.70. The normalized spacial score (nSPS) is 16.2. The predicted molar refractivity (Wildman–Crippen MR) is 83.2 cm³/mol. The van der Waals surface area contributed by atoms with Gasteiger partial charge in [-0.1, -0.05) is 0 Å². The van der Waals surface area contributed by atoms with E-state index in [2.05, 4.69) is 28.7 Å².